The number of benzene rings is 2. The van der Waals surface area contributed by atoms with Gasteiger partial charge in [-0.3, -0.25) is 0 Å². The Balaban J connectivity index is 1.88. The number of nitrogens with zero attached hydrogens (tertiary/aromatic N) is 2. The molecule has 2 aliphatic heterocycles. The minimum Gasteiger partial charge on any atom is -0.467 e. The number of amidine groups is 1. The van der Waals surface area contributed by atoms with E-state index in [2.05, 4.69) is 16.1 Å². The highest BCUT2D eigenvalue weighted by Crippen LogP contribution is 2.42. The lowest BCUT2D eigenvalue weighted by atomic mass is 9.89. The predicted octanol–water partition coefficient (Wildman–Crippen LogP) is 3.59. The molecular weight excluding hydrogens is 272 g/mol. The van der Waals surface area contributed by atoms with E-state index in [1.807, 2.05) is 48.5 Å². The number of rotatable bonds is 1. The summed E-state index contributed by atoms with van der Waals surface area (Å²) in [7, 11) is 0. The molecule has 3 nitrogen and oxygen atoms in total. The molecule has 98 valence electrons. The van der Waals surface area contributed by atoms with E-state index in [0.29, 0.717) is 0 Å². The zero-order valence-electron chi connectivity index (χ0n) is 10.5. The van der Waals surface area contributed by atoms with Gasteiger partial charge in [0, 0.05) is 5.56 Å². The van der Waals surface area contributed by atoms with Gasteiger partial charge in [0.1, 0.15) is 5.75 Å². The molecule has 2 atom stereocenters. The normalized spacial score (nSPS) is 23.2. The molecular formula is C16H11ClN2O. The zero-order valence-corrected chi connectivity index (χ0v) is 11.3. The molecule has 2 aromatic carbocycles. The molecule has 0 bridgehead atoms. The Morgan fingerprint density at radius 3 is 2.55 bits per heavy atom. The predicted molar refractivity (Wildman–Crippen MR) is 79.9 cm³/mol. The molecule has 2 aliphatic rings. The molecule has 0 saturated heterocycles. The molecule has 0 spiro atoms. The van der Waals surface area contributed by atoms with Crippen LogP contribution in [0.25, 0.3) is 0 Å². The molecule has 0 aromatic heterocycles. The molecule has 0 saturated carbocycles. The average molecular weight is 283 g/mol. The number of fused-ring (bicyclic) bond motifs is 3. The second kappa shape index (κ2) is 4.46. The van der Waals surface area contributed by atoms with Gasteiger partial charge in [-0.1, -0.05) is 48.5 Å². The number of halogens is 1. The first-order chi connectivity index (χ1) is 9.83. The van der Waals surface area contributed by atoms with Crippen LogP contribution in [0.5, 0.6) is 5.75 Å². The zero-order chi connectivity index (χ0) is 13.5. The lowest BCUT2D eigenvalue weighted by Crippen LogP contribution is -2.29. The van der Waals surface area contributed by atoms with Crippen molar-refractivity contribution in [2.75, 3.05) is 0 Å². The van der Waals surface area contributed by atoms with E-state index in [1.54, 1.807) is 0 Å². The summed E-state index contributed by atoms with van der Waals surface area (Å²) < 4.78 is 5.88. The maximum atomic E-state index is 6.05. The van der Waals surface area contributed by atoms with Crippen molar-refractivity contribution >= 4 is 22.6 Å². The molecule has 4 rings (SSSR count). The van der Waals surface area contributed by atoms with Crippen LogP contribution in [0.15, 0.2) is 64.6 Å². The van der Waals surface area contributed by atoms with Gasteiger partial charge in [0.15, 0.2) is 0 Å². The second-order valence-electron chi connectivity index (χ2n) is 4.79. The molecule has 0 fully saturated rings. The van der Waals surface area contributed by atoms with Crippen molar-refractivity contribution in [2.45, 2.75) is 12.1 Å². The SMILES string of the molecule is ClC1=NC2Oc3ccccc3C2C(c2ccccc2)=N1. The van der Waals surface area contributed by atoms with Gasteiger partial charge in [-0.25, -0.2) is 9.98 Å². The van der Waals surface area contributed by atoms with Gasteiger partial charge < -0.3 is 4.74 Å². The minimum atomic E-state index is -0.312. The van der Waals surface area contributed by atoms with Gasteiger partial charge >= 0.3 is 0 Å². The number of ether oxygens (including phenoxy) is 1. The second-order valence-corrected chi connectivity index (χ2v) is 5.12. The summed E-state index contributed by atoms with van der Waals surface area (Å²) in [6.07, 6.45) is -0.312. The van der Waals surface area contributed by atoms with Crippen LogP contribution in [0.2, 0.25) is 0 Å². The first-order valence-electron chi connectivity index (χ1n) is 6.46. The summed E-state index contributed by atoms with van der Waals surface area (Å²) in [6.45, 7) is 0. The Morgan fingerprint density at radius 2 is 1.70 bits per heavy atom. The summed E-state index contributed by atoms with van der Waals surface area (Å²) in [5.41, 5.74) is 3.09. The summed E-state index contributed by atoms with van der Waals surface area (Å²) in [5, 5.41) is 0.248. The highest BCUT2D eigenvalue weighted by atomic mass is 35.5. The Hall–Kier alpha value is -2.13. The van der Waals surface area contributed by atoms with Crippen molar-refractivity contribution in [1.29, 1.82) is 0 Å². The third-order valence-electron chi connectivity index (χ3n) is 3.60. The van der Waals surface area contributed by atoms with E-state index >= 15 is 0 Å². The number of para-hydroxylation sites is 1. The summed E-state index contributed by atoms with van der Waals surface area (Å²) in [5.74, 6) is 0.873. The molecule has 0 N–H and O–H groups in total. The van der Waals surface area contributed by atoms with Gasteiger partial charge in [0.05, 0.1) is 11.6 Å². The maximum Gasteiger partial charge on any atom is 0.221 e. The van der Waals surface area contributed by atoms with Gasteiger partial charge in [-0.2, -0.15) is 0 Å². The van der Waals surface area contributed by atoms with Crippen LogP contribution < -0.4 is 4.74 Å². The summed E-state index contributed by atoms with van der Waals surface area (Å²) in [6, 6.07) is 18.0. The standard InChI is InChI=1S/C16H11ClN2O/c17-16-18-14(10-6-2-1-3-7-10)13-11-8-4-5-9-12(11)20-15(13)19-16/h1-9,13,15H. The fourth-order valence-electron chi connectivity index (χ4n) is 2.74. The van der Waals surface area contributed by atoms with Gasteiger partial charge in [0.25, 0.3) is 0 Å². The first-order valence-corrected chi connectivity index (χ1v) is 6.83. The number of hydrogen-bond acceptors (Lipinski definition) is 3. The van der Waals surface area contributed by atoms with E-state index in [-0.39, 0.29) is 17.4 Å². The van der Waals surface area contributed by atoms with E-state index in [9.17, 15) is 0 Å². The molecule has 2 unspecified atom stereocenters. The first kappa shape index (κ1) is 11.7. The molecule has 20 heavy (non-hydrogen) atoms. The van der Waals surface area contributed by atoms with Crippen molar-refractivity contribution in [3.05, 3.63) is 65.7 Å². The molecule has 0 radical (unpaired) electrons. The quantitative estimate of drug-likeness (QED) is 0.736. The van der Waals surface area contributed by atoms with Crippen LogP contribution >= 0.6 is 11.6 Å². The monoisotopic (exact) mass is 282 g/mol. The summed E-state index contributed by atoms with van der Waals surface area (Å²) in [4.78, 5) is 8.75. The Bertz CT molecular complexity index is 724. The van der Waals surface area contributed by atoms with E-state index in [1.165, 1.54) is 0 Å². The van der Waals surface area contributed by atoms with E-state index < -0.39 is 0 Å². The smallest absolute Gasteiger partial charge is 0.221 e. The molecule has 0 aliphatic carbocycles. The number of hydrogen-bond donors (Lipinski definition) is 0. The van der Waals surface area contributed by atoms with E-state index in [4.69, 9.17) is 16.3 Å². The Kier molecular flexibility index (Phi) is 2.60. The maximum absolute atomic E-state index is 6.05. The topological polar surface area (TPSA) is 34.0 Å². The summed E-state index contributed by atoms with van der Waals surface area (Å²) >= 11 is 6.05. The van der Waals surface area contributed by atoms with Gasteiger partial charge in [-0.05, 0) is 23.2 Å². The highest BCUT2D eigenvalue weighted by molar-refractivity contribution is 6.66. The molecule has 2 heterocycles. The van der Waals surface area contributed by atoms with Crippen molar-refractivity contribution in [3.8, 4) is 5.75 Å². The third-order valence-corrected chi connectivity index (χ3v) is 3.78. The lowest BCUT2D eigenvalue weighted by molar-refractivity contribution is 0.234. The van der Waals surface area contributed by atoms with Crippen molar-refractivity contribution < 1.29 is 4.74 Å². The molecule has 2 aromatic rings. The van der Waals surface area contributed by atoms with Crippen LogP contribution in [-0.2, 0) is 0 Å². The van der Waals surface area contributed by atoms with Crippen LogP contribution in [0.1, 0.15) is 17.0 Å². The van der Waals surface area contributed by atoms with Crippen LogP contribution in [0.4, 0.5) is 0 Å². The third kappa shape index (κ3) is 1.74. The van der Waals surface area contributed by atoms with Crippen LogP contribution in [0.3, 0.4) is 0 Å². The van der Waals surface area contributed by atoms with Gasteiger partial charge in [-0.15, -0.1) is 0 Å². The Labute approximate surface area is 121 Å². The lowest BCUT2D eigenvalue weighted by Gasteiger charge is -2.21. The number of aliphatic imine (C=N–C) groups is 2. The Morgan fingerprint density at radius 1 is 0.950 bits per heavy atom. The van der Waals surface area contributed by atoms with Crippen molar-refractivity contribution in [1.82, 2.24) is 0 Å². The van der Waals surface area contributed by atoms with Crippen molar-refractivity contribution in [2.24, 2.45) is 9.98 Å². The minimum absolute atomic E-state index is 0.0103. The fourth-order valence-corrected chi connectivity index (χ4v) is 2.92. The average Bonchev–Trinajstić information content (AvgIpc) is 2.85. The van der Waals surface area contributed by atoms with E-state index in [0.717, 1.165) is 22.6 Å². The highest BCUT2D eigenvalue weighted by Gasteiger charge is 2.40. The fraction of sp³-hybridized carbons (Fsp3) is 0.125. The largest absolute Gasteiger partial charge is 0.467 e. The van der Waals surface area contributed by atoms with Gasteiger partial charge in [0.2, 0.25) is 11.5 Å². The molecule has 0 amide bonds. The van der Waals surface area contributed by atoms with Crippen molar-refractivity contribution in [3.63, 3.8) is 0 Å². The van der Waals surface area contributed by atoms with Crippen LogP contribution in [0, 0.1) is 0 Å². The van der Waals surface area contributed by atoms with Crippen LogP contribution in [-0.4, -0.2) is 17.2 Å². The molecule has 4 heteroatoms.